The molecule has 8 nitrogen and oxygen atoms in total. The quantitative estimate of drug-likeness (QED) is 0.457. The summed E-state index contributed by atoms with van der Waals surface area (Å²) in [5.41, 5.74) is 6.03. The van der Waals surface area contributed by atoms with Gasteiger partial charge in [-0.25, -0.2) is 4.39 Å². The van der Waals surface area contributed by atoms with E-state index >= 15 is 0 Å². The maximum Gasteiger partial charge on any atom is 0.304 e. The Hall–Kier alpha value is -3.60. The van der Waals surface area contributed by atoms with Crippen LogP contribution in [-0.2, 0) is 21.5 Å². The van der Waals surface area contributed by atoms with Crippen molar-refractivity contribution in [3.8, 4) is 5.75 Å². The van der Waals surface area contributed by atoms with Crippen LogP contribution in [0.15, 0.2) is 71.3 Å². The lowest BCUT2D eigenvalue weighted by atomic mass is 9.89. The second-order valence-corrected chi connectivity index (χ2v) is 10.6. The zero-order valence-electron chi connectivity index (χ0n) is 20.9. The fourth-order valence-corrected chi connectivity index (χ4v) is 4.98. The standard InChI is InChI=1S/C21H21FN2O3.C7H8O3S/c22-16-3-4-17-18(12-16)27-13-15-2-1-8-23-21(15)20(17)14-5-9-24(10-6-14)11-7-19(25)26;1-6-2-4-7(5-3-6)11(8,9)10/h1-4,8,12H,5-7,9-11,13H2,(H,25,26);2-5H,1H3,(H,8,9,10). The van der Waals surface area contributed by atoms with E-state index in [1.165, 1.54) is 29.8 Å². The largest absolute Gasteiger partial charge is 0.488 e. The van der Waals surface area contributed by atoms with E-state index in [0.29, 0.717) is 18.9 Å². The molecule has 0 unspecified atom stereocenters. The Morgan fingerprint density at radius 1 is 1.11 bits per heavy atom. The van der Waals surface area contributed by atoms with Crippen LogP contribution >= 0.6 is 0 Å². The highest BCUT2D eigenvalue weighted by molar-refractivity contribution is 7.85. The first-order chi connectivity index (χ1) is 18.1. The average molecular weight is 541 g/mol. The van der Waals surface area contributed by atoms with Crippen LogP contribution in [0.1, 0.15) is 41.6 Å². The molecular weight excluding hydrogens is 511 g/mol. The van der Waals surface area contributed by atoms with Crippen LogP contribution in [0, 0.1) is 12.7 Å². The number of halogens is 1. The van der Waals surface area contributed by atoms with Crippen molar-refractivity contribution < 1.29 is 32.0 Å². The monoisotopic (exact) mass is 540 g/mol. The second-order valence-electron chi connectivity index (χ2n) is 9.19. The molecule has 2 aliphatic heterocycles. The van der Waals surface area contributed by atoms with E-state index < -0.39 is 16.1 Å². The van der Waals surface area contributed by atoms with Gasteiger partial charge in [-0.2, -0.15) is 8.42 Å². The number of nitrogens with zero attached hydrogens (tertiary/aromatic N) is 2. The van der Waals surface area contributed by atoms with Crippen LogP contribution < -0.4 is 4.74 Å². The van der Waals surface area contributed by atoms with Crippen LogP contribution in [0.5, 0.6) is 5.75 Å². The number of aromatic nitrogens is 1. The summed E-state index contributed by atoms with van der Waals surface area (Å²) >= 11 is 0. The Kier molecular flexibility index (Phi) is 8.55. The zero-order chi connectivity index (χ0) is 27.3. The summed E-state index contributed by atoms with van der Waals surface area (Å²) in [7, 11) is -4.02. The number of benzene rings is 2. The molecule has 1 aromatic heterocycles. The van der Waals surface area contributed by atoms with Gasteiger partial charge >= 0.3 is 5.97 Å². The molecule has 2 aromatic carbocycles. The first kappa shape index (κ1) is 27.4. The number of rotatable bonds is 4. The maximum absolute atomic E-state index is 13.8. The predicted molar refractivity (Wildman–Crippen MR) is 140 cm³/mol. The van der Waals surface area contributed by atoms with Gasteiger partial charge in [-0.3, -0.25) is 14.3 Å². The number of hydrogen-bond acceptors (Lipinski definition) is 6. The van der Waals surface area contributed by atoms with Gasteiger partial charge in [0.05, 0.1) is 17.0 Å². The van der Waals surface area contributed by atoms with Gasteiger partial charge in [0.1, 0.15) is 18.2 Å². The summed E-state index contributed by atoms with van der Waals surface area (Å²) in [6.45, 7) is 4.39. The van der Waals surface area contributed by atoms with E-state index in [1.807, 2.05) is 19.1 Å². The molecular formula is C28H29FN2O6S. The van der Waals surface area contributed by atoms with Gasteiger partial charge < -0.3 is 14.7 Å². The minimum absolute atomic E-state index is 0.0666. The number of pyridine rings is 1. The number of aliphatic carboxylic acids is 1. The molecule has 0 amide bonds. The van der Waals surface area contributed by atoms with E-state index in [2.05, 4.69) is 9.88 Å². The molecule has 0 atom stereocenters. The number of carbonyl (C=O) groups is 1. The van der Waals surface area contributed by atoms with E-state index in [0.717, 1.165) is 53.9 Å². The molecule has 3 aromatic rings. The molecule has 0 radical (unpaired) electrons. The summed E-state index contributed by atoms with van der Waals surface area (Å²) in [6, 6.07) is 14.5. The van der Waals surface area contributed by atoms with E-state index in [9.17, 15) is 17.6 Å². The predicted octanol–water partition coefficient (Wildman–Crippen LogP) is 4.73. The Morgan fingerprint density at radius 2 is 1.82 bits per heavy atom. The maximum atomic E-state index is 13.8. The first-order valence-corrected chi connectivity index (χ1v) is 13.6. The molecule has 1 saturated heterocycles. The number of carboxylic acid groups (broad SMARTS) is 1. The van der Waals surface area contributed by atoms with Gasteiger partial charge in [0.2, 0.25) is 0 Å². The Bertz CT molecular complexity index is 1440. The normalized spacial score (nSPS) is 15.3. The molecule has 38 heavy (non-hydrogen) atoms. The number of ether oxygens (including phenoxy) is 1. The molecule has 10 heteroatoms. The molecule has 2 N–H and O–H groups in total. The molecule has 200 valence electrons. The second kappa shape index (κ2) is 11.8. The third kappa shape index (κ3) is 6.83. The lowest BCUT2D eigenvalue weighted by molar-refractivity contribution is -0.137. The lowest BCUT2D eigenvalue weighted by Crippen LogP contribution is -2.33. The molecule has 0 spiro atoms. The van der Waals surface area contributed by atoms with Gasteiger partial charge in [0.15, 0.2) is 0 Å². The Morgan fingerprint density at radius 3 is 2.47 bits per heavy atom. The Labute approximate surface area is 221 Å². The summed E-state index contributed by atoms with van der Waals surface area (Å²) in [6.07, 6.45) is 3.60. The van der Waals surface area contributed by atoms with Crippen LogP contribution in [0.3, 0.4) is 0 Å². The molecule has 3 heterocycles. The number of likely N-dealkylation sites (tertiary alicyclic amines) is 1. The topological polar surface area (TPSA) is 117 Å². The van der Waals surface area contributed by atoms with Crippen molar-refractivity contribution in [3.63, 3.8) is 0 Å². The van der Waals surface area contributed by atoms with Gasteiger partial charge in [-0.05, 0) is 50.1 Å². The summed E-state index contributed by atoms with van der Waals surface area (Å²) < 4.78 is 49.2. The fraction of sp³-hybridized carbons (Fsp3) is 0.286. The summed E-state index contributed by atoms with van der Waals surface area (Å²) in [5, 5.41) is 8.88. The first-order valence-electron chi connectivity index (χ1n) is 12.2. The Balaban J connectivity index is 0.000000257. The number of hydrogen-bond donors (Lipinski definition) is 2. The van der Waals surface area contributed by atoms with E-state index in [1.54, 1.807) is 24.4 Å². The van der Waals surface area contributed by atoms with Crippen LogP contribution in [-0.4, -0.2) is 53.6 Å². The van der Waals surface area contributed by atoms with Crippen molar-refractivity contribution in [1.82, 2.24) is 9.88 Å². The van der Waals surface area contributed by atoms with Gasteiger partial charge in [-0.15, -0.1) is 0 Å². The SMILES string of the molecule is Cc1ccc(S(=O)(=O)O)cc1.O=C(O)CCN1CCC(=C2c3ccc(F)cc3OCc3cccnc32)CC1. The van der Waals surface area contributed by atoms with Crippen LogP contribution in [0.2, 0.25) is 0 Å². The highest BCUT2D eigenvalue weighted by atomic mass is 32.2. The highest BCUT2D eigenvalue weighted by Gasteiger charge is 2.26. The highest BCUT2D eigenvalue weighted by Crippen LogP contribution is 2.40. The summed E-state index contributed by atoms with van der Waals surface area (Å²) in [4.78, 5) is 17.5. The van der Waals surface area contributed by atoms with Crippen molar-refractivity contribution in [2.24, 2.45) is 0 Å². The van der Waals surface area contributed by atoms with Crippen molar-refractivity contribution in [3.05, 3.63) is 94.6 Å². The molecule has 0 saturated carbocycles. The molecule has 2 aliphatic rings. The lowest BCUT2D eigenvalue weighted by Gasteiger charge is -2.29. The fourth-order valence-electron chi connectivity index (χ4n) is 4.50. The van der Waals surface area contributed by atoms with Crippen molar-refractivity contribution in [2.75, 3.05) is 19.6 Å². The van der Waals surface area contributed by atoms with E-state index in [4.69, 9.17) is 14.4 Å². The van der Waals surface area contributed by atoms with Crippen molar-refractivity contribution >= 4 is 21.7 Å². The third-order valence-electron chi connectivity index (χ3n) is 6.50. The number of piperidine rings is 1. The van der Waals surface area contributed by atoms with Crippen molar-refractivity contribution in [1.29, 1.82) is 0 Å². The minimum Gasteiger partial charge on any atom is -0.488 e. The average Bonchev–Trinajstić information content (AvgIpc) is 3.04. The molecule has 0 aliphatic carbocycles. The van der Waals surface area contributed by atoms with E-state index in [-0.39, 0.29) is 17.1 Å². The summed E-state index contributed by atoms with van der Waals surface area (Å²) in [5.74, 6) is -0.543. The van der Waals surface area contributed by atoms with Gasteiger partial charge in [-0.1, -0.05) is 29.3 Å². The smallest absolute Gasteiger partial charge is 0.304 e. The molecule has 5 rings (SSSR count). The zero-order valence-corrected chi connectivity index (χ0v) is 21.7. The molecule has 1 fully saturated rings. The van der Waals surface area contributed by atoms with Gasteiger partial charge in [0, 0.05) is 48.6 Å². The molecule has 0 bridgehead atoms. The van der Waals surface area contributed by atoms with Gasteiger partial charge in [0.25, 0.3) is 10.1 Å². The number of aryl methyl sites for hydroxylation is 1. The van der Waals surface area contributed by atoms with Crippen LogP contribution in [0.25, 0.3) is 5.57 Å². The van der Waals surface area contributed by atoms with Crippen molar-refractivity contribution in [2.45, 2.75) is 37.7 Å². The number of carboxylic acids is 1. The number of fused-ring (bicyclic) bond motifs is 2. The minimum atomic E-state index is -4.02. The van der Waals surface area contributed by atoms with Crippen LogP contribution in [0.4, 0.5) is 4.39 Å². The third-order valence-corrected chi connectivity index (χ3v) is 7.37.